The Bertz CT molecular complexity index is 294. The van der Waals surface area contributed by atoms with Crippen LogP contribution < -0.4 is 0 Å². The van der Waals surface area contributed by atoms with Crippen molar-refractivity contribution >= 4 is 15.9 Å². The third-order valence-electron chi connectivity index (χ3n) is 2.55. The van der Waals surface area contributed by atoms with Crippen molar-refractivity contribution in [2.75, 3.05) is 0 Å². The number of benzene rings is 1. The van der Waals surface area contributed by atoms with Crippen molar-refractivity contribution in [3.63, 3.8) is 0 Å². The Hall–Kier alpha value is -0.340. The summed E-state index contributed by atoms with van der Waals surface area (Å²) in [5, 5.41) is 9.75. The predicted octanol–water partition coefficient (Wildman–Crippen LogP) is 2.76. The van der Waals surface area contributed by atoms with Crippen molar-refractivity contribution in [3.8, 4) is 0 Å². The van der Waals surface area contributed by atoms with Crippen LogP contribution in [0.15, 0.2) is 28.7 Å². The first kappa shape index (κ1) is 9.22. The van der Waals surface area contributed by atoms with Crippen molar-refractivity contribution < 1.29 is 5.11 Å². The van der Waals surface area contributed by atoms with Crippen LogP contribution in [0.4, 0.5) is 0 Å². The van der Waals surface area contributed by atoms with Crippen LogP contribution in [0.25, 0.3) is 0 Å². The second kappa shape index (κ2) is 3.81. The molecule has 0 amide bonds. The van der Waals surface area contributed by atoms with Crippen LogP contribution in [-0.4, -0.2) is 11.2 Å². The fourth-order valence-electron chi connectivity index (χ4n) is 1.54. The Morgan fingerprint density at radius 3 is 2.69 bits per heavy atom. The van der Waals surface area contributed by atoms with E-state index in [-0.39, 0.29) is 6.10 Å². The molecule has 70 valence electrons. The van der Waals surface area contributed by atoms with Crippen molar-refractivity contribution in [2.24, 2.45) is 5.92 Å². The number of aliphatic hydroxyl groups is 1. The fraction of sp³-hybridized carbons (Fsp3) is 0.455. The van der Waals surface area contributed by atoms with Crippen LogP contribution in [0.2, 0.25) is 0 Å². The second-order valence-electron chi connectivity index (χ2n) is 3.70. The van der Waals surface area contributed by atoms with E-state index in [0.717, 1.165) is 10.9 Å². The minimum Gasteiger partial charge on any atom is -0.392 e. The molecule has 0 heterocycles. The molecule has 1 unspecified atom stereocenters. The van der Waals surface area contributed by atoms with E-state index in [4.69, 9.17) is 0 Å². The van der Waals surface area contributed by atoms with Crippen molar-refractivity contribution in [1.29, 1.82) is 0 Å². The summed E-state index contributed by atoms with van der Waals surface area (Å²) in [5.41, 5.74) is 1.21. The van der Waals surface area contributed by atoms with Gasteiger partial charge < -0.3 is 5.11 Å². The maximum Gasteiger partial charge on any atom is 0.0609 e. The Balaban J connectivity index is 2.03. The van der Waals surface area contributed by atoms with E-state index >= 15 is 0 Å². The minimum atomic E-state index is -0.140. The van der Waals surface area contributed by atoms with Crippen molar-refractivity contribution in [1.82, 2.24) is 0 Å². The minimum absolute atomic E-state index is 0.140. The van der Waals surface area contributed by atoms with E-state index in [9.17, 15) is 5.11 Å². The van der Waals surface area contributed by atoms with Gasteiger partial charge in [0.15, 0.2) is 0 Å². The van der Waals surface area contributed by atoms with Crippen molar-refractivity contribution in [2.45, 2.75) is 25.4 Å². The van der Waals surface area contributed by atoms with Crippen molar-refractivity contribution in [3.05, 3.63) is 34.3 Å². The lowest BCUT2D eigenvalue weighted by molar-refractivity contribution is 0.151. The summed E-state index contributed by atoms with van der Waals surface area (Å²) in [6.07, 6.45) is 3.04. The first-order valence-corrected chi connectivity index (χ1v) is 5.48. The molecule has 0 aliphatic heterocycles. The van der Waals surface area contributed by atoms with Gasteiger partial charge in [-0.15, -0.1) is 0 Å². The van der Waals surface area contributed by atoms with Gasteiger partial charge in [0.1, 0.15) is 0 Å². The zero-order valence-electron chi connectivity index (χ0n) is 7.41. The smallest absolute Gasteiger partial charge is 0.0609 e. The Morgan fingerprint density at radius 1 is 1.38 bits per heavy atom. The molecule has 0 spiro atoms. The lowest BCUT2D eigenvalue weighted by Gasteiger charge is -2.10. The first-order valence-electron chi connectivity index (χ1n) is 4.69. The van der Waals surface area contributed by atoms with Crippen LogP contribution in [-0.2, 0) is 6.42 Å². The van der Waals surface area contributed by atoms with Gasteiger partial charge in [0, 0.05) is 4.47 Å². The van der Waals surface area contributed by atoms with E-state index < -0.39 is 0 Å². The van der Waals surface area contributed by atoms with Gasteiger partial charge in [-0.25, -0.2) is 0 Å². The molecule has 1 N–H and O–H groups in total. The van der Waals surface area contributed by atoms with E-state index in [0.29, 0.717) is 5.92 Å². The highest BCUT2D eigenvalue weighted by Crippen LogP contribution is 2.34. The predicted molar refractivity (Wildman–Crippen MR) is 56.6 cm³/mol. The summed E-state index contributed by atoms with van der Waals surface area (Å²) in [5.74, 6) is 0.562. The molecule has 0 saturated heterocycles. The zero-order chi connectivity index (χ0) is 9.26. The molecule has 2 rings (SSSR count). The van der Waals surface area contributed by atoms with Gasteiger partial charge in [-0.2, -0.15) is 0 Å². The molecule has 1 aromatic rings. The monoisotopic (exact) mass is 240 g/mol. The average molecular weight is 241 g/mol. The summed E-state index contributed by atoms with van der Waals surface area (Å²) in [6, 6.07) is 8.10. The van der Waals surface area contributed by atoms with Gasteiger partial charge in [-0.05, 0) is 36.8 Å². The zero-order valence-corrected chi connectivity index (χ0v) is 9.00. The summed E-state index contributed by atoms with van der Waals surface area (Å²) >= 11 is 3.48. The molecule has 1 saturated carbocycles. The highest BCUT2D eigenvalue weighted by atomic mass is 79.9. The first-order chi connectivity index (χ1) is 6.27. The molecule has 0 aromatic heterocycles. The second-order valence-corrected chi connectivity index (χ2v) is 4.55. The average Bonchev–Trinajstić information content (AvgIpc) is 2.91. The lowest BCUT2D eigenvalue weighted by atomic mass is 10.1. The maximum atomic E-state index is 9.75. The molecule has 1 aromatic carbocycles. The maximum absolute atomic E-state index is 9.75. The normalized spacial score (nSPS) is 18.6. The van der Waals surface area contributed by atoms with Gasteiger partial charge >= 0.3 is 0 Å². The van der Waals surface area contributed by atoms with Crippen LogP contribution in [0.1, 0.15) is 18.4 Å². The Morgan fingerprint density at radius 2 is 2.08 bits per heavy atom. The molecule has 1 nitrogen and oxygen atoms in total. The molecule has 1 fully saturated rings. The fourth-order valence-corrected chi connectivity index (χ4v) is 1.98. The molecular weight excluding hydrogens is 228 g/mol. The number of hydrogen-bond donors (Lipinski definition) is 1. The van der Waals surface area contributed by atoms with E-state index in [2.05, 4.69) is 22.0 Å². The largest absolute Gasteiger partial charge is 0.392 e. The highest BCUT2D eigenvalue weighted by molar-refractivity contribution is 9.10. The molecule has 1 atom stereocenters. The van der Waals surface area contributed by atoms with E-state index in [1.807, 2.05) is 18.2 Å². The molecule has 1 aliphatic carbocycles. The molecule has 1 aliphatic rings. The SMILES string of the molecule is OC(Cc1ccccc1Br)C1CC1. The molecular formula is C11H13BrO. The molecule has 2 heteroatoms. The Labute approximate surface area is 86.9 Å². The van der Waals surface area contributed by atoms with Gasteiger partial charge in [0.05, 0.1) is 6.10 Å². The van der Waals surface area contributed by atoms with Gasteiger partial charge in [-0.1, -0.05) is 34.1 Å². The standard InChI is InChI=1S/C11H13BrO/c12-10-4-2-1-3-9(10)7-11(13)8-5-6-8/h1-4,8,11,13H,5-7H2. The summed E-state index contributed by atoms with van der Waals surface area (Å²) < 4.78 is 1.11. The number of halogens is 1. The molecule has 13 heavy (non-hydrogen) atoms. The van der Waals surface area contributed by atoms with Crippen LogP contribution in [0.5, 0.6) is 0 Å². The van der Waals surface area contributed by atoms with E-state index in [1.165, 1.54) is 18.4 Å². The van der Waals surface area contributed by atoms with Crippen LogP contribution in [0, 0.1) is 5.92 Å². The third-order valence-corrected chi connectivity index (χ3v) is 3.33. The van der Waals surface area contributed by atoms with Gasteiger partial charge in [-0.3, -0.25) is 0 Å². The lowest BCUT2D eigenvalue weighted by Crippen LogP contribution is -2.12. The van der Waals surface area contributed by atoms with E-state index in [1.54, 1.807) is 0 Å². The molecule has 0 bridgehead atoms. The summed E-state index contributed by atoms with van der Waals surface area (Å²) in [4.78, 5) is 0. The summed E-state index contributed by atoms with van der Waals surface area (Å²) in [7, 11) is 0. The van der Waals surface area contributed by atoms with Crippen LogP contribution >= 0.6 is 15.9 Å². The van der Waals surface area contributed by atoms with Gasteiger partial charge in [0.2, 0.25) is 0 Å². The topological polar surface area (TPSA) is 20.2 Å². The number of aliphatic hydroxyl groups excluding tert-OH is 1. The Kier molecular flexibility index (Phi) is 2.70. The summed E-state index contributed by atoms with van der Waals surface area (Å²) in [6.45, 7) is 0. The van der Waals surface area contributed by atoms with Gasteiger partial charge in [0.25, 0.3) is 0 Å². The number of rotatable bonds is 3. The quantitative estimate of drug-likeness (QED) is 0.862. The third kappa shape index (κ3) is 2.32. The molecule has 0 radical (unpaired) electrons. The highest BCUT2D eigenvalue weighted by Gasteiger charge is 2.29. The van der Waals surface area contributed by atoms with Crippen LogP contribution in [0.3, 0.4) is 0 Å². The number of hydrogen-bond acceptors (Lipinski definition) is 1.